The monoisotopic (exact) mass is 358 g/mol. The molecule has 4 heteroatoms. The number of imidazole rings is 1. The lowest BCUT2D eigenvalue weighted by Crippen LogP contribution is -1.93. The Morgan fingerprint density at radius 3 is 2.71 bits per heavy atom. The Labute approximate surface area is 160 Å². The van der Waals surface area contributed by atoms with E-state index in [1.165, 1.54) is 33.0 Å². The summed E-state index contributed by atoms with van der Waals surface area (Å²) < 4.78 is 2.19. The van der Waals surface area contributed by atoms with E-state index in [9.17, 15) is 0 Å². The lowest BCUT2D eigenvalue weighted by Gasteiger charge is -2.11. The number of hydrogen-bond acceptors (Lipinski definition) is 3. The number of fused-ring (bicyclic) bond motifs is 11. The molecule has 0 aliphatic heterocycles. The van der Waals surface area contributed by atoms with Crippen LogP contribution < -0.4 is 0 Å². The summed E-state index contributed by atoms with van der Waals surface area (Å²) in [5.74, 6) is 0. The largest absolute Gasteiger partial charge is 0.288 e. The highest BCUT2D eigenvalue weighted by Crippen LogP contribution is 2.41. The number of hydrogen-bond donors (Lipinski definition) is 0. The van der Waals surface area contributed by atoms with Crippen molar-refractivity contribution >= 4 is 38.5 Å². The summed E-state index contributed by atoms with van der Waals surface area (Å²) in [5, 5.41) is 3.58. The van der Waals surface area contributed by atoms with E-state index in [1.54, 1.807) is 6.20 Å². The highest BCUT2D eigenvalue weighted by molar-refractivity contribution is 6.15. The number of nitrogens with zero attached hydrogens (tertiary/aromatic N) is 4. The molecule has 0 spiro atoms. The maximum Gasteiger partial charge on any atom is 0.178 e. The van der Waals surface area contributed by atoms with E-state index in [4.69, 9.17) is 4.98 Å². The Kier molecular flexibility index (Phi) is 2.51. The van der Waals surface area contributed by atoms with Gasteiger partial charge >= 0.3 is 0 Å². The Morgan fingerprint density at radius 2 is 1.71 bits per heavy atom. The van der Waals surface area contributed by atoms with Crippen LogP contribution in [0.25, 0.3) is 49.6 Å². The first-order chi connectivity index (χ1) is 13.9. The third-order valence-corrected chi connectivity index (χ3v) is 5.93. The first-order valence-corrected chi connectivity index (χ1v) is 9.42. The van der Waals surface area contributed by atoms with Gasteiger partial charge in [-0.25, -0.2) is 9.97 Å². The van der Waals surface area contributed by atoms with Crippen molar-refractivity contribution in [1.82, 2.24) is 19.4 Å². The molecule has 2 aromatic carbocycles. The van der Waals surface area contributed by atoms with Crippen molar-refractivity contribution in [2.75, 3.05) is 0 Å². The van der Waals surface area contributed by atoms with Crippen molar-refractivity contribution in [3.8, 4) is 11.1 Å². The summed E-state index contributed by atoms with van der Waals surface area (Å²) in [6.07, 6.45) is 6.58. The third-order valence-electron chi connectivity index (χ3n) is 5.93. The Morgan fingerprint density at radius 1 is 0.750 bits per heavy atom. The van der Waals surface area contributed by atoms with Crippen molar-refractivity contribution in [2.45, 2.75) is 6.42 Å². The van der Waals surface area contributed by atoms with Crippen LogP contribution >= 0.6 is 0 Å². The molecule has 1 aliphatic carbocycles. The van der Waals surface area contributed by atoms with Crippen molar-refractivity contribution in [1.29, 1.82) is 0 Å². The molecule has 0 amide bonds. The number of aromatic nitrogens is 4. The first kappa shape index (κ1) is 14.3. The normalized spacial score (nSPS) is 12.9. The van der Waals surface area contributed by atoms with Gasteiger partial charge in [-0.15, -0.1) is 0 Å². The van der Waals surface area contributed by atoms with E-state index in [1.807, 2.05) is 18.5 Å². The standard InChI is InChI=1S/C24H14N4/c1-2-5-16-14(4-1)10-15-11-19-17-7-9-25-13-22(17)28-21-6-3-8-26-23(21)27-24(28)20(19)12-18(15)16/h1-9,11-13H,10H2. The molecule has 0 unspecified atom stereocenters. The van der Waals surface area contributed by atoms with E-state index in [0.717, 1.165) is 34.1 Å². The van der Waals surface area contributed by atoms with Crippen LogP contribution in [-0.2, 0) is 6.42 Å². The van der Waals surface area contributed by atoms with Crippen LogP contribution in [0.15, 0.2) is 73.2 Å². The summed E-state index contributed by atoms with van der Waals surface area (Å²) in [5.41, 5.74) is 9.21. The summed E-state index contributed by atoms with van der Waals surface area (Å²) in [6, 6.07) is 19.5. The van der Waals surface area contributed by atoms with E-state index in [2.05, 4.69) is 62.9 Å². The van der Waals surface area contributed by atoms with Crippen LogP contribution in [0.3, 0.4) is 0 Å². The van der Waals surface area contributed by atoms with Gasteiger partial charge in [-0.05, 0) is 64.4 Å². The third kappa shape index (κ3) is 1.68. The zero-order valence-electron chi connectivity index (χ0n) is 14.9. The Balaban J connectivity index is 1.75. The fourth-order valence-corrected chi connectivity index (χ4v) is 4.72. The number of benzene rings is 2. The minimum absolute atomic E-state index is 0.765. The SMILES string of the molecule is c1ccc2c(c1)Cc1cc3c4ccncc4n4c5cccnc5nc4c3cc1-2. The average Bonchev–Trinajstić information content (AvgIpc) is 3.31. The maximum atomic E-state index is 4.90. The smallest absolute Gasteiger partial charge is 0.178 e. The average molecular weight is 358 g/mol. The number of rotatable bonds is 0. The second-order valence-electron chi connectivity index (χ2n) is 7.40. The first-order valence-electron chi connectivity index (χ1n) is 9.42. The van der Waals surface area contributed by atoms with Crippen LogP contribution in [0.5, 0.6) is 0 Å². The van der Waals surface area contributed by atoms with Gasteiger partial charge in [0, 0.05) is 23.2 Å². The minimum atomic E-state index is 0.765. The predicted octanol–water partition coefficient (Wildman–Crippen LogP) is 5.16. The van der Waals surface area contributed by atoms with Gasteiger partial charge < -0.3 is 0 Å². The van der Waals surface area contributed by atoms with Crippen molar-refractivity contribution in [3.05, 3.63) is 84.3 Å². The van der Waals surface area contributed by atoms with Gasteiger partial charge in [-0.2, -0.15) is 0 Å². The molecule has 0 saturated carbocycles. The molecule has 0 radical (unpaired) electrons. The van der Waals surface area contributed by atoms with Crippen LogP contribution in [0.4, 0.5) is 0 Å². The Bertz CT molecular complexity index is 1590. The van der Waals surface area contributed by atoms with Gasteiger partial charge in [0.2, 0.25) is 0 Å². The second-order valence-corrected chi connectivity index (χ2v) is 7.40. The molecule has 0 atom stereocenters. The van der Waals surface area contributed by atoms with Crippen molar-refractivity contribution in [3.63, 3.8) is 0 Å². The topological polar surface area (TPSA) is 43.1 Å². The molecule has 1 aliphatic rings. The molecule has 4 nitrogen and oxygen atoms in total. The predicted molar refractivity (Wildman–Crippen MR) is 112 cm³/mol. The maximum absolute atomic E-state index is 4.90. The highest BCUT2D eigenvalue weighted by atomic mass is 15.1. The lowest BCUT2D eigenvalue weighted by molar-refractivity contribution is 1.26. The molecule has 0 fully saturated rings. The van der Waals surface area contributed by atoms with Crippen LogP contribution in [0.2, 0.25) is 0 Å². The fraction of sp³-hybridized carbons (Fsp3) is 0.0417. The van der Waals surface area contributed by atoms with Gasteiger partial charge in [0.05, 0.1) is 17.2 Å². The van der Waals surface area contributed by atoms with Gasteiger partial charge in [-0.3, -0.25) is 9.38 Å². The van der Waals surface area contributed by atoms with E-state index >= 15 is 0 Å². The molecule has 130 valence electrons. The molecule has 28 heavy (non-hydrogen) atoms. The van der Waals surface area contributed by atoms with Gasteiger partial charge in [0.25, 0.3) is 0 Å². The zero-order valence-corrected chi connectivity index (χ0v) is 14.9. The molecule has 4 heterocycles. The molecule has 0 bridgehead atoms. The lowest BCUT2D eigenvalue weighted by atomic mass is 9.99. The molecular formula is C24H14N4. The molecular weight excluding hydrogens is 344 g/mol. The molecule has 7 rings (SSSR count). The van der Waals surface area contributed by atoms with Crippen LogP contribution in [0, 0.1) is 0 Å². The second kappa shape index (κ2) is 4.93. The zero-order chi connectivity index (χ0) is 18.2. The molecule has 0 saturated heterocycles. The van der Waals surface area contributed by atoms with Crippen molar-refractivity contribution < 1.29 is 0 Å². The summed E-state index contributed by atoms with van der Waals surface area (Å²) in [7, 11) is 0. The summed E-state index contributed by atoms with van der Waals surface area (Å²) in [6.45, 7) is 0. The molecule has 0 N–H and O–H groups in total. The Hall–Kier alpha value is -3.79. The number of pyridine rings is 3. The van der Waals surface area contributed by atoms with Gasteiger partial charge in [-0.1, -0.05) is 24.3 Å². The quantitative estimate of drug-likeness (QED) is 0.352. The van der Waals surface area contributed by atoms with E-state index in [0.29, 0.717) is 0 Å². The van der Waals surface area contributed by atoms with Crippen LogP contribution in [-0.4, -0.2) is 19.4 Å². The van der Waals surface area contributed by atoms with Gasteiger partial charge in [0.1, 0.15) is 5.65 Å². The minimum Gasteiger partial charge on any atom is -0.288 e. The summed E-state index contributed by atoms with van der Waals surface area (Å²) >= 11 is 0. The van der Waals surface area contributed by atoms with Crippen LogP contribution in [0.1, 0.15) is 11.1 Å². The summed E-state index contributed by atoms with van der Waals surface area (Å²) in [4.78, 5) is 13.8. The highest BCUT2D eigenvalue weighted by Gasteiger charge is 2.21. The fourth-order valence-electron chi connectivity index (χ4n) is 4.72. The van der Waals surface area contributed by atoms with E-state index in [-0.39, 0.29) is 0 Å². The van der Waals surface area contributed by atoms with Crippen molar-refractivity contribution in [2.24, 2.45) is 0 Å². The molecule has 6 aromatic rings. The van der Waals surface area contributed by atoms with Gasteiger partial charge in [0.15, 0.2) is 5.65 Å². The molecule has 4 aromatic heterocycles. The van der Waals surface area contributed by atoms with E-state index < -0.39 is 0 Å².